The number of imidazole rings is 1. The van der Waals surface area contributed by atoms with E-state index in [2.05, 4.69) is 32.2 Å². The van der Waals surface area contributed by atoms with Crippen LogP contribution in [0.3, 0.4) is 0 Å². The Balaban J connectivity index is 1.48. The van der Waals surface area contributed by atoms with Crippen molar-refractivity contribution >= 4 is 23.1 Å². The van der Waals surface area contributed by atoms with Crippen molar-refractivity contribution < 1.29 is 29.2 Å². The van der Waals surface area contributed by atoms with Crippen molar-refractivity contribution in [2.24, 2.45) is 0 Å². The van der Waals surface area contributed by atoms with Crippen LogP contribution in [0.1, 0.15) is 12.6 Å². The van der Waals surface area contributed by atoms with Gasteiger partial charge < -0.3 is 35.1 Å². The molecule has 4 N–H and O–H groups in total. The summed E-state index contributed by atoms with van der Waals surface area (Å²) in [4.78, 5) is 24.4. The topological polar surface area (TPSA) is 153 Å². The number of nitrogens with one attached hydrogen (secondary N) is 2. The first-order valence-electron chi connectivity index (χ1n) is 9.63. The smallest absolute Gasteiger partial charge is 0.407 e. The van der Waals surface area contributed by atoms with E-state index in [4.69, 9.17) is 14.2 Å². The minimum absolute atomic E-state index is 0.136. The number of aliphatic hydroxyl groups excluding tert-OH is 2. The molecule has 5 atom stereocenters. The van der Waals surface area contributed by atoms with E-state index in [0.29, 0.717) is 30.2 Å². The third-order valence-electron chi connectivity index (χ3n) is 5.01. The number of aliphatic hydroxyl groups is 2. The van der Waals surface area contributed by atoms with Crippen molar-refractivity contribution in [1.29, 1.82) is 0 Å². The second kappa shape index (κ2) is 8.92. The van der Waals surface area contributed by atoms with Gasteiger partial charge in [-0.3, -0.25) is 4.57 Å². The average Bonchev–Trinajstić information content (AvgIpc) is 3.47. The molecule has 12 nitrogen and oxygen atoms in total. The molecule has 30 heavy (non-hydrogen) atoms. The molecule has 0 radical (unpaired) electrons. The van der Waals surface area contributed by atoms with Gasteiger partial charge in [0.2, 0.25) is 0 Å². The summed E-state index contributed by atoms with van der Waals surface area (Å²) in [6, 6.07) is 0.136. The third-order valence-corrected chi connectivity index (χ3v) is 5.01. The van der Waals surface area contributed by atoms with Crippen molar-refractivity contribution in [2.75, 3.05) is 31.7 Å². The lowest BCUT2D eigenvalue weighted by Crippen LogP contribution is -2.36. The van der Waals surface area contributed by atoms with Crippen molar-refractivity contribution in [2.45, 2.75) is 37.0 Å². The molecule has 4 heterocycles. The van der Waals surface area contributed by atoms with E-state index in [9.17, 15) is 15.0 Å². The molecule has 0 bridgehead atoms. The lowest BCUT2D eigenvalue weighted by atomic mass is 10.1. The van der Waals surface area contributed by atoms with Gasteiger partial charge in [0.1, 0.15) is 31.2 Å². The normalized spacial score (nSPS) is 28.5. The van der Waals surface area contributed by atoms with Crippen molar-refractivity contribution in [3.63, 3.8) is 0 Å². The summed E-state index contributed by atoms with van der Waals surface area (Å²) in [5.41, 5.74) is 0.950. The average molecular weight is 420 g/mol. The molecule has 0 aliphatic carbocycles. The van der Waals surface area contributed by atoms with E-state index in [1.54, 1.807) is 0 Å². The van der Waals surface area contributed by atoms with Gasteiger partial charge in [0.05, 0.1) is 19.0 Å². The number of nitrogens with zero attached hydrogens (tertiary/aromatic N) is 4. The van der Waals surface area contributed by atoms with Gasteiger partial charge in [0.15, 0.2) is 23.2 Å². The SMILES string of the molecule is C=CCNC(=O)OC[C@H]1OC(n2cnc3c(NC4CCOC4)ncnc32)[C@H](O)[C@@H]1O. The van der Waals surface area contributed by atoms with Gasteiger partial charge in [-0.1, -0.05) is 6.08 Å². The van der Waals surface area contributed by atoms with E-state index in [0.717, 1.165) is 6.42 Å². The zero-order chi connectivity index (χ0) is 21.1. The van der Waals surface area contributed by atoms with Gasteiger partial charge >= 0.3 is 6.09 Å². The fraction of sp³-hybridized carbons (Fsp3) is 0.556. The van der Waals surface area contributed by atoms with Crippen LogP contribution >= 0.6 is 0 Å². The number of hydrogen-bond donors (Lipinski definition) is 4. The van der Waals surface area contributed by atoms with Crippen LogP contribution in [0.25, 0.3) is 11.2 Å². The number of alkyl carbamates (subject to hydrolysis) is 1. The Morgan fingerprint density at radius 3 is 3.00 bits per heavy atom. The lowest BCUT2D eigenvalue weighted by molar-refractivity contribution is -0.0532. The highest BCUT2D eigenvalue weighted by Gasteiger charge is 2.45. The largest absolute Gasteiger partial charge is 0.447 e. The van der Waals surface area contributed by atoms with E-state index in [1.807, 2.05) is 0 Å². The molecule has 4 rings (SSSR count). The summed E-state index contributed by atoms with van der Waals surface area (Å²) in [6.45, 7) is 4.79. The summed E-state index contributed by atoms with van der Waals surface area (Å²) < 4.78 is 17.7. The van der Waals surface area contributed by atoms with Gasteiger partial charge in [0.25, 0.3) is 0 Å². The Hall–Kier alpha value is -2.80. The third kappa shape index (κ3) is 4.07. The van der Waals surface area contributed by atoms with Crippen LogP contribution in [-0.2, 0) is 14.2 Å². The predicted molar refractivity (Wildman–Crippen MR) is 104 cm³/mol. The van der Waals surface area contributed by atoms with Gasteiger partial charge in [-0.05, 0) is 6.42 Å². The first-order chi connectivity index (χ1) is 14.6. The Kier molecular flexibility index (Phi) is 6.08. The minimum atomic E-state index is -1.26. The second-order valence-electron chi connectivity index (χ2n) is 7.07. The monoisotopic (exact) mass is 420 g/mol. The van der Waals surface area contributed by atoms with Crippen molar-refractivity contribution in [1.82, 2.24) is 24.8 Å². The van der Waals surface area contributed by atoms with Crippen LogP contribution in [0, 0.1) is 0 Å². The fourth-order valence-corrected chi connectivity index (χ4v) is 3.45. The summed E-state index contributed by atoms with van der Waals surface area (Å²) in [7, 11) is 0. The van der Waals surface area contributed by atoms with Crippen LogP contribution in [0.2, 0.25) is 0 Å². The van der Waals surface area contributed by atoms with Crippen LogP contribution in [-0.4, -0.2) is 86.5 Å². The molecule has 2 aliphatic rings. The molecule has 2 saturated heterocycles. The molecule has 2 fully saturated rings. The molecule has 12 heteroatoms. The minimum Gasteiger partial charge on any atom is -0.447 e. The standard InChI is InChI=1S/C18H24N6O6/c1-2-4-19-18(27)29-7-11-13(25)14(26)17(30-11)24-9-22-12-15(20-8-21-16(12)24)23-10-3-5-28-6-10/h2,8-11,13-14,17,25-26H,1,3-7H2,(H,19,27)(H,20,21,23)/t10?,11-,13-,14-,17?/m1/s1. The first kappa shape index (κ1) is 20.5. The van der Waals surface area contributed by atoms with E-state index < -0.39 is 30.6 Å². The number of ether oxygens (including phenoxy) is 3. The van der Waals surface area contributed by atoms with Crippen molar-refractivity contribution in [3.05, 3.63) is 25.3 Å². The molecule has 0 saturated carbocycles. The maximum Gasteiger partial charge on any atom is 0.407 e. The van der Waals surface area contributed by atoms with Crippen LogP contribution in [0.4, 0.5) is 10.6 Å². The van der Waals surface area contributed by atoms with Crippen LogP contribution in [0.15, 0.2) is 25.3 Å². The van der Waals surface area contributed by atoms with Gasteiger partial charge in [0, 0.05) is 13.2 Å². The maximum absolute atomic E-state index is 11.6. The van der Waals surface area contributed by atoms with Gasteiger partial charge in [-0.25, -0.2) is 19.7 Å². The van der Waals surface area contributed by atoms with Crippen molar-refractivity contribution in [3.8, 4) is 0 Å². The molecule has 162 valence electrons. The Morgan fingerprint density at radius 1 is 1.37 bits per heavy atom. The number of rotatable bonds is 7. The summed E-state index contributed by atoms with van der Waals surface area (Å²) in [6.07, 6.45) is 0.186. The van der Waals surface area contributed by atoms with E-state index in [-0.39, 0.29) is 19.2 Å². The molecule has 2 aromatic rings. The quantitative estimate of drug-likeness (QED) is 0.434. The number of hydrogen-bond acceptors (Lipinski definition) is 10. The van der Waals surface area contributed by atoms with E-state index >= 15 is 0 Å². The van der Waals surface area contributed by atoms with Crippen LogP contribution in [0.5, 0.6) is 0 Å². The van der Waals surface area contributed by atoms with Gasteiger partial charge in [-0.15, -0.1) is 6.58 Å². The second-order valence-corrected chi connectivity index (χ2v) is 7.07. The number of fused-ring (bicyclic) bond motifs is 1. The highest BCUT2D eigenvalue weighted by Crippen LogP contribution is 2.32. The summed E-state index contributed by atoms with van der Waals surface area (Å²) in [5.74, 6) is 0.557. The Morgan fingerprint density at radius 2 is 2.23 bits per heavy atom. The predicted octanol–water partition coefficient (Wildman–Crippen LogP) is -0.441. The number of carbonyl (C=O) groups excluding carboxylic acids is 1. The number of aromatic nitrogens is 4. The number of carbonyl (C=O) groups is 1. The molecule has 0 spiro atoms. The zero-order valence-electron chi connectivity index (χ0n) is 16.2. The molecule has 1 amide bonds. The Labute approximate surface area is 171 Å². The van der Waals surface area contributed by atoms with Gasteiger partial charge in [-0.2, -0.15) is 0 Å². The zero-order valence-corrected chi connectivity index (χ0v) is 16.2. The molecule has 2 unspecified atom stereocenters. The first-order valence-corrected chi connectivity index (χ1v) is 9.63. The highest BCUT2D eigenvalue weighted by atomic mass is 16.6. The Bertz CT molecular complexity index is 900. The molecule has 2 aliphatic heterocycles. The highest BCUT2D eigenvalue weighted by molar-refractivity contribution is 5.82. The molecular formula is C18H24N6O6. The maximum atomic E-state index is 11.6. The fourth-order valence-electron chi connectivity index (χ4n) is 3.45. The molecule has 0 aromatic carbocycles. The number of amides is 1. The summed E-state index contributed by atoms with van der Waals surface area (Å²) in [5, 5.41) is 26.6. The number of anilines is 1. The molecular weight excluding hydrogens is 396 g/mol. The lowest BCUT2D eigenvalue weighted by Gasteiger charge is -2.17. The van der Waals surface area contributed by atoms with E-state index in [1.165, 1.54) is 23.3 Å². The summed E-state index contributed by atoms with van der Waals surface area (Å²) >= 11 is 0. The van der Waals surface area contributed by atoms with Crippen LogP contribution < -0.4 is 10.6 Å². The molecule has 2 aromatic heterocycles.